The lowest BCUT2D eigenvalue weighted by molar-refractivity contribution is 0.0742. The van der Waals surface area contributed by atoms with Crippen molar-refractivity contribution in [1.29, 1.82) is 0 Å². The fourth-order valence-corrected chi connectivity index (χ4v) is 2.37. The second kappa shape index (κ2) is 6.01. The van der Waals surface area contributed by atoms with E-state index in [-0.39, 0.29) is 5.91 Å². The van der Waals surface area contributed by atoms with Crippen molar-refractivity contribution in [1.82, 2.24) is 9.88 Å². The highest BCUT2D eigenvalue weighted by atomic mass is 35.5. The predicted molar refractivity (Wildman–Crippen MR) is 68.2 cm³/mol. The van der Waals surface area contributed by atoms with Crippen molar-refractivity contribution in [2.75, 3.05) is 13.1 Å². The highest BCUT2D eigenvalue weighted by Gasteiger charge is 2.18. The smallest absolute Gasteiger partial charge is 0.255 e. The Morgan fingerprint density at radius 3 is 2.47 bits per heavy atom. The maximum Gasteiger partial charge on any atom is 0.255 e. The van der Waals surface area contributed by atoms with E-state index in [0.717, 1.165) is 25.9 Å². The topological polar surface area (TPSA) is 33.2 Å². The minimum atomic E-state index is 0.0410. The number of carbonyl (C=O) groups excluding carboxylic acids is 1. The van der Waals surface area contributed by atoms with Gasteiger partial charge >= 0.3 is 0 Å². The van der Waals surface area contributed by atoms with Crippen LogP contribution in [0.4, 0.5) is 0 Å². The van der Waals surface area contributed by atoms with Gasteiger partial charge in [-0.25, -0.2) is 0 Å². The Bertz CT molecular complexity index is 387. The van der Waals surface area contributed by atoms with Gasteiger partial charge in [-0.05, 0) is 18.9 Å². The third-order valence-corrected chi connectivity index (χ3v) is 3.45. The van der Waals surface area contributed by atoms with E-state index in [1.807, 2.05) is 4.90 Å². The van der Waals surface area contributed by atoms with Crippen molar-refractivity contribution in [2.24, 2.45) is 0 Å². The van der Waals surface area contributed by atoms with Crippen LogP contribution in [0.25, 0.3) is 0 Å². The van der Waals surface area contributed by atoms with E-state index < -0.39 is 0 Å². The van der Waals surface area contributed by atoms with Crippen molar-refractivity contribution in [3.63, 3.8) is 0 Å². The minimum absolute atomic E-state index is 0.0410. The van der Waals surface area contributed by atoms with Gasteiger partial charge in [-0.3, -0.25) is 9.78 Å². The summed E-state index contributed by atoms with van der Waals surface area (Å²) in [6, 6.07) is 1.70. The van der Waals surface area contributed by atoms with Crippen LogP contribution in [0, 0.1) is 0 Å². The Morgan fingerprint density at radius 1 is 1.18 bits per heavy atom. The first-order chi connectivity index (χ1) is 8.29. The third-order valence-electron chi connectivity index (χ3n) is 3.15. The molecule has 1 aromatic rings. The Balaban J connectivity index is 2.10. The van der Waals surface area contributed by atoms with Gasteiger partial charge in [0.2, 0.25) is 0 Å². The molecule has 0 spiro atoms. The second-order valence-corrected chi connectivity index (χ2v) is 4.82. The van der Waals surface area contributed by atoms with E-state index >= 15 is 0 Å². The molecule has 0 bridgehead atoms. The maximum absolute atomic E-state index is 12.3. The molecule has 2 heterocycles. The zero-order chi connectivity index (χ0) is 12.1. The van der Waals surface area contributed by atoms with Crippen molar-refractivity contribution in [3.05, 3.63) is 29.0 Å². The molecule has 0 unspecified atom stereocenters. The van der Waals surface area contributed by atoms with Crippen LogP contribution in [0.1, 0.15) is 42.5 Å². The van der Waals surface area contributed by atoms with Crippen LogP contribution in [-0.2, 0) is 0 Å². The summed E-state index contributed by atoms with van der Waals surface area (Å²) in [6.45, 7) is 1.69. The third kappa shape index (κ3) is 3.19. The van der Waals surface area contributed by atoms with Gasteiger partial charge < -0.3 is 4.90 Å². The maximum atomic E-state index is 12.3. The largest absolute Gasteiger partial charge is 0.339 e. The predicted octanol–water partition coefficient (Wildman–Crippen LogP) is 3.14. The molecular weight excluding hydrogens is 236 g/mol. The van der Waals surface area contributed by atoms with Crippen LogP contribution < -0.4 is 0 Å². The van der Waals surface area contributed by atoms with Crippen LogP contribution in [0.3, 0.4) is 0 Å². The normalized spacial score (nSPS) is 17.4. The van der Waals surface area contributed by atoms with Gasteiger partial charge in [-0.2, -0.15) is 0 Å². The van der Waals surface area contributed by atoms with Gasteiger partial charge in [0.25, 0.3) is 5.91 Å². The number of pyridine rings is 1. The van der Waals surface area contributed by atoms with Gasteiger partial charge in [-0.1, -0.05) is 30.9 Å². The molecule has 0 aromatic carbocycles. The summed E-state index contributed by atoms with van der Waals surface area (Å²) in [5.41, 5.74) is 0.572. The quantitative estimate of drug-likeness (QED) is 0.769. The standard InChI is InChI=1S/C13H17ClN2O/c14-12-10-15-7-6-11(12)13(17)16-8-4-2-1-3-5-9-16/h6-7,10H,1-5,8-9H2. The molecule has 17 heavy (non-hydrogen) atoms. The summed E-state index contributed by atoms with van der Waals surface area (Å²) in [7, 11) is 0. The molecule has 0 saturated carbocycles. The van der Waals surface area contributed by atoms with Crippen LogP contribution >= 0.6 is 11.6 Å². The van der Waals surface area contributed by atoms with Crippen molar-refractivity contribution < 1.29 is 4.79 Å². The molecule has 92 valence electrons. The second-order valence-electron chi connectivity index (χ2n) is 4.42. The number of rotatable bonds is 1. The van der Waals surface area contributed by atoms with Crippen molar-refractivity contribution in [2.45, 2.75) is 32.1 Å². The zero-order valence-electron chi connectivity index (χ0n) is 9.86. The van der Waals surface area contributed by atoms with Crippen molar-refractivity contribution in [3.8, 4) is 0 Å². The molecule has 0 atom stereocenters. The Hall–Kier alpha value is -1.09. The molecule has 1 aliphatic heterocycles. The summed E-state index contributed by atoms with van der Waals surface area (Å²) in [6.07, 6.45) is 9.05. The molecule has 0 N–H and O–H groups in total. The molecule has 1 aliphatic rings. The summed E-state index contributed by atoms with van der Waals surface area (Å²) in [5.74, 6) is 0.0410. The first-order valence-corrected chi connectivity index (χ1v) is 6.55. The van der Waals surface area contributed by atoms with E-state index in [2.05, 4.69) is 4.98 Å². The summed E-state index contributed by atoms with van der Waals surface area (Å²) >= 11 is 6.00. The van der Waals surface area contributed by atoms with Gasteiger partial charge in [0.05, 0.1) is 10.6 Å². The Labute approximate surface area is 107 Å². The number of halogens is 1. The number of amides is 1. The van der Waals surface area contributed by atoms with E-state index in [0.29, 0.717) is 10.6 Å². The molecule has 0 radical (unpaired) electrons. The number of carbonyl (C=O) groups is 1. The Morgan fingerprint density at radius 2 is 1.82 bits per heavy atom. The minimum Gasteiger partial charge on any atom is -0.339 e. The monoisotopic (exact) mass is 252 g/mol. The lowest BCUT2D eigenvalue weighted by atomic mass is 10.1. The molecule has 3 nitrogen and oxygen atoms in total. The average Bonchev–Trinajstić information content (AvgIpc) is 2.28. The number of hydrogen-bond acceptors (Lipinski definition) is 2. The molecule has 1 amide bonds. The number of aromatic nitrogens is 1. The highest BCUT2D eigenvalue weighted by molar-refractivity contribution is 6.33. The molecule has 1 saturated heterocycles. The fraction of sp³-hybridized carbons (Fsp3) is 0.538. The van der Waals surface area contributed by atoms with Crippen LogP contribution in [0.5, 0.6) is 0 Å². The van der Waals surface area contributed by atoms with Crippen LogP contribution in [0.2, 0.25) is 5.02 Å². The molecular formula is C13H17ClN2O. The lowest BCUT2D eigenvalue weighted by Gasteiger charge is -2.25. The Kier molecular flexibility index (Phi) is 4.37. The first-order valence-electron chi connectivity index (χ1n) is 6.18. The van der Waals surface area contributed by atoms with E-state index in [1.165, 1.54) is 25.5 Å². The fourth-order valence-electron chi connectivity index (χ4n) is 2.17. The van der Waals surface area contributed by atoms with E-state index in [9.17, 15) is 4.79 Å². The first kappa shape index (κ1) is 12.4. The SMILES string of the molecule is O=C(c1ccncc1Cl)N1CCCCCCC1. The zero-order valence-corrected chi connectivity index (χ0v) is 10.6. The van der Waals surface area contributed by atoms with Gasteiger partial charge in [0, 0.05) is 25.5 Å². The molecule has 1 aromatic heterocycles. The van der Waals surface area contributed by atoms with Crippen LogP contribution in [0.15, 0.2) is 18.5 Å². The molecule has 1 fully saturated rings. The molecule has 4 heteroatoms. The van der Waals surface area contributed by atoms with E-state index in [4.69, 9.17) is 11.6 Å². The van der Waals surface area contributed by atoms with Crippen molar-refractivity contribution >= 4 is 17.5 Å². The molecule has 2 rings (SSSR count). The summed E-state index contributed by atoms with van der Waals surface area (Å²) in [5, 5.41) is 0.444. The number of nitrogens with zero attached hydrogens (tertiary/aromatic N) is 2. The number of hydrogen-bond donors (Lipinski definition) is 0. The average molecular weight is 253 g/mol. The lowest BCUT2D eigenvalue weighted by Crippen LogP contribution is -2.34. The van der Waals surface area contributed by atoms with Gasteiger partial charge in [0.1, 0.15) is 0 Å². The highest BCUT2D eigenvalue weighted by Crippen LogP contribution is 2.18. The molecule has 0 aliphatic carbocycles. The summed E-state index contributed by atoms with van der Waals surface area (Å²) < 4.78 is 0. The van der Waals surface area contributed by atoms with E-state index in [1.54, 1.807) is 12.3 Å². The van der Waals surface area contributed by atoms with Gasteiger partial charge in [0.15, 0.2) is 0 Å². The van der Waals surface area contributed by atoms with Gasteiger partial charge in [-0.15, -0.1) is 0 Å². The van der Waals surface area contributed by atoms with Crippen LogP contribution in [-0.4, -0.2) is 28.9 Å². The summed E-state index contributed by atoms with van der Waals surface area (Å²) in [4.78, 5) is 18.1. The number of likely N-dealkylation sites (tertiary alicyclic amines) is 1.